The van der Waals surface area contributed by atoms with Crippen molar-refractivity contribution in [2.75, 3.05) is 26.4 Å². The number of benzene rings is 2. The minimum atomic E-state index is -0.808. The number of hydrogen-bond acceptors (Lipinski definition) is 7. The van der Waals surface area contributed by atoms with Gasteiger partial charge in [-0.2, -0.15) is 0 Å². The van der Waals surface area contributed by atoms with E-state index in [0.717, 1.165) is 17.7 Å². The molecule has 0 bridgehead atoms. The Bertz CT molecular complexity index is 1210. The van der Waals surface area contributed by atoms with Gasteiger partial charge in [0.1, 0.15) is 5.57 Å². The minimum absolute atomic E-state index is 0.0713. The highest BCUT2D eigenvalue weighted by molar-refractivity contribution is 6.33. The molecule has 4 amide bonds. The van der Waals surface area contributed by atoms with E-state index in [1.165, 1.54) is 6.08 Å². The quantitative estimate of drug-likeness (QED) is 0.267. The molecule has 1 N–H and O–H groups in total. The van der Waals surface area contributed by atoms with Crippen molar-refractivity contribution in [1.29, 1.82) is 0 Å². The number of carbonyl (C=O) groups excluding carboxylic acids is 3. The van der Waals surface area contributed by atoms with E-state index in [0.29, 0.717) is 60.6 Å². The van der Waals surface area contributed by atoms with Gasteiger partial charge in [-0.15, -0.1) is 0 Å². The summed E-state index contributed by atoms with van der Waals surface area (Å²) < 4.78 is 22.8. The van der Waals surface area contributed by atoms with Gasteiger partial charge in [0.2, 0.25) is 0 Å². The number of halogens is 1. The molecule has 0 radical (unpaired) electrons. The molecule has 2 aromatic rings. The van der Waals surface area contributed by atoms with E-state index < -0.39 is 17.8 Å². The third-order valence-corrected chi connectivity index (χ3v) is 5.67. The van der Waals surface area contributed by atoms with Crippen molar-refractivity contribution in [3.63, 3.8) is 0 Å². The molecule has 3 rings (SSSR count). The van der Waals surface area contributed by atoms with Gasteiger partial charge in [-0.3, -0.25) is 19.8 Å². The molecule has 0 atom stereocenters. The van der Waals surface area contributed by atoms with E-state index in [1.54, 1.807) is 30.3 Å². The third kappa shape index (κ3) is 6.98. The summed E-state index contributed by atoms with van der Waals surface area (Å²) in [5.41, 5.74) is 0.873. The van der Waals surface area contributed by atoms with Gasteiger partial charge in [-0.25, -0.2) is 4.79 Å². The number of rotatable bonds is 13. The molecule has 0 saturated carbocycles. The standard InChI is InChI=1S/C28H33ClN2O7/c1-5-11-37-22-10-9-18(15-23(22)35-7-3)17-31-27(33)20(26(32)30-28(31)34)13-19-14-21(29)25(38-12-6-2)24(16-19)36-8-4/h9-10,13-16H,5-8,11-12,17H2,1-4H3,(H,30,32,34)/b20-13+. The SMILES string of the molecule is CCCOc1ccc(CN2C(=O)NC(=O)/C(=C\c3cc(Cl)c(OCCC)c(OCC)c3)C2=O)cc1OCC. The van der Waals surface area contributed by atoms with E-state index in [1.807, 2.05) is 27.7 Å². The average molecular weight is 545 g/mol. The molecular weight excluding hydrogens is 512 g/mol. The highest BCUT2D eigenvalue weighted by atomic mass is 35.5. The minimum Gasteiger partial charge on any atom is -0.490 e. The first-order valence-electron chi connectivity index (χ1n) is 12.7. The van der Waals surface area contributed by atoms with Crippen LogP contribution in [-0.4, -0.2) is 49.2 Å². The number of amides is 4. The van der Waals surface area contributed by atoms with Gasteiger partial charge in [-0.05, 0) is 68.2 Å². The average Bonchev–Trinajstić information content (AvgIpc) is 2.88. The number of barbiturate groups is 1. The molecule has 204 valence electrons. The van der Waals surface area contributed by atoms with Crippen molar-refractivity contribution >= 4 is 35.5 Å². The van der Waals surface area contributed by atoms with Crippen LogP contribution < -0.4 is 24.3 Å². The molecule has 10 heteroatoms. The van der Waals surface area contributed by atoms with Crippen LogP contribution in [0.3, 0.4) is 0 Å². The molecule has 38 heavy (non-hydrogen) atoms. The fraction of sp³-hybridized carbons (Fsp3) is 0.393. The van der Waals surface area contributed by atoms with Gasteiger partial charge in [0.15, 0.2) is 23.0 Å². The van der Waals surface area contributed by atoms with Crippen molar-refractivity contribution in [3.05, 3.63) is 52.1 Å². The smallest absolute Gasteiger partial charge is 0.331 e. The van der Waals surface area contributed by atoms with Gasteiger partial charge in [0, 0.05) is 0 Å². The summed E-state index contributed by atoms with van der Waals surface area (Å²) in [5.74, 6) is 0.351. The summed E-state index contributed by atoms with van der Waals surface area (Å²) in [6.45, 7) is 9.35. The fourth-order valence-electron chi connectivity index (χ4n) is 3.72. The van der Waals surface area contributed by atoms with Gasteiger partial charge >= 0.3 is 6.03 Å². The lowest BCUT2D eigenvalue weighted by molar-refractivity contribution is -0.130. The maximum atomic E-state index is 13.3. The first kappa shape index (κ1) is 28.8. The van der Waals surface area contributed by atoms with Crippen LogP contribution in [0, 0.1) is 0 Å². The molecule has 0 aliphatic carbocycles. The molecule has 1 aliphatic heterocycles. The van der Waals surface area contributed by atoms with Crippen molar-refractivity contribution in [2.45, 2.75) is 47.1 Å². The zero-order chi connectivity index (χ0) is 27.7. The van der Waals surface area contributed by atoms with Crippen LogP contribution in [0.5, 0.6) is 23.0 Å². The molecular formula is C28H33ClN2O7. The maximum absolute atomic E-state index is 13.3. The number of imide groups is 2. The summed E-state index contributed by atoms with van der Waals surface area (Å²) in [6.07, 6.45) is 3.00. The second-order valence-electron chi connectivity index (χ2n) is 8.38. The molecule has 9 nitrogen and oxygen atoms in total. The Morgan fingerprint density at radius 2 is 1.53 bits per heavy atom. The predicted octanol–water partition coefficient (Wildman–Crippen LogP) is 5.38. The number of carbonyl (C=O) groups is 3. The number of nitrogens with zero attached hydrogens (tertiary/aromatic N) is 1. The lowest BCUT2D eigenvalue weighted by Crippen LogP contribution is -2.53. The highest BCUT2D eigenvalue weighted by Crippen LogP contribution is 2.38. The van der Waals surface area contributed by atoms with Gasteiger partial charge in [0.25, 0.3) is 11.8 Å². The zero-order valence-corrected chi connectivity index (χ0v) is 22.9. The number of hydrogen-bond donors (Lipinski definition) is 1. The molecule has 0 aromatic heterocycles. The normalized spacial score (nSPS) is 14.5. The topological polar surface area (TPSA) is 103 Å². The van der Waals surface area contributed by atoms with Crippen molar-refractivity contribution in [2.24, 2.45) is 0 Å². The molecule has 1 fully saturated rings. The van der Waals surface area contributed by atoms with E-state index in [2.05, 4.69) is 5.32 Å². The number of nitrogens with one attached hydrogen (secondary N) is 1. The summed E-state index contributed by atoms with van der Waals surface area (Å²) in [5, 5.41) is 2.52. The van der Waals surface area contributed by atoms with Crippen LogP contribution in [0.25, 0.3) is 6.08 Å². The fourth-order valence-corrected chi connectivity index (χ4v) is 3.99. The summed E-state index contributed by atoms with van der Waals surface area (Å²) in [6, 6.07) is 7.61. The zero-order valence-electron chi connectivity index (χ0n) is 22.1. The highest BCUT2D eigenvalue weighted by Gasteiger charge is 2.36. The Kier molecular flexibility index (Phi) is 10.4. The van der Waals surface area contributed by atoms with Crippen LogP contribution >= 0.6 is 11.6 Å². The van der Waals surface area contributed by atoms with Crippen molar-refractivity contribution in [1.82, 2.24) is 10.2 Å². The van der Waals surface area contributed by atoms with Gasteiger partial charge in [-0.1, -0.05) is 31.5 Å². The van der Waals surface area contributed by atoms with E-state index in [-0.39, 0.29) is 17.1 Å². The van der Waals surface area contributed by atoms with Crippen LogP contribution in [0.4, 0.5) is 4.79 Å². The Labute approximate surface area is 227 Å². The molecule has 1 heterocycles. The van der Waals surface area contributed by atoms with E-state index >= 15 is 0 Å². The Morgan fingerprint density at radius 3 is 2.21 bits per heavy atom. The molecule has 1 saturated heterocycles. The van der Waals surface area contributed by atoms with Crippen molar-refractivity contribution < 1.29 is 33.3 Å². The Hall–Kier alpha value is -3.72. The summed E-state index contributed by atoms with van der Waals surface area (Å²) in [7, 11) is 0. The first-order valence-corrected chi connectivity index (χ1v) is 13.1. The maximum Gasteiger partial charge on any atom is 0.331 e. The third-order valence-electron chi connectivity index (χ3n) is 5.39. The van der Waals surface area contributed by atoms with Crippen molar-refractivity contribution in [3.8, 4) is 23.0 Å². The van der Waals surface area contributed by atoms with Gasteiger partial charge < -0.3 is 18.9 Å². The molecule has 2 aromatic carbocycles. The lowest BCUT2D eigenvalue weighted by Gasteiger charge is -2.26. The number of ether oxygens (including phenoxy) is 4. The largest absolute Gasteiger partial charge is 0.490 e. The molecule has 0 unspecified atom stereocenters. The van der Waals surface area contributed by atoms with E-state index in [9.17, 15) is 14.4 Å². The summed E-state index contributed by atoms with van der Waals surface area (Å²) in [4.78, 5) is 39.5. The van der Waals surface area contributed by atoms with E-state index in [4.69, 9.17) is 30.5 Å². The number of urea groups is 1. The summed E-state index contributed by atoms with van der Waals surface area (Å²) >= 11 is 6.43. The Morgan fingerprint density at radius 1 is 0.842 bits per heavy atom. The molecule has 1 aliphatic rings. The first-order chi connectivity index (χ1) is 18.3. The second-order valence-corrected chi connectivity index (χ2v) is 8.79. The monoisotopic (exact) mass is 544 g/mol. The predicted molar refractivity (Wildman–Crippen MR) is 144 cm³/mol. The van der Waals surface area contributed by atoms with Crippen LogP contribution in [0.15, 0.2) is 35.9 Å². The van der Waals surface area contributed by atoms with Gasteiger partial charge in [0.05, 0.1) is 38.0 Å². The van der Waals surface area contributed by atoms with Crippen LogP contribution in [-0.2, 0) is 16.1 Å². The molecule has 0 spiro atoms. The second kappa shape index (κ2) is 13.7. The van der Waals surface area contributed by atoms with Crippen LogP contribution in [0.2, 0.25) is 5.02 Å². The Balaban J connectivity index is 1.91. The van der Waals surface area contributed by atoms with Crippen LogP contribution in [0.1, 0.15) is 51.7 Å². The lowest BCUT2D eigenvalue weighted by atomic mass is 10.1.